The average molecular weight is 377 g/mol. The molecule has 1 aliphatic heterocycles. The fourth-order valence-electron chi connectivity index (χ4n) is 3.91. The number of aromatic nitrogens is 1. The summed E-state index contributed by atoms with van der Waals surface area (Å²) < 4.78 is 13.2. The van der Waals surface area contributed by atoms with Crippen molar-refractivity contribution in [2.24, 2.45) is 0 Å². The smallest absolute Gasteiger partial charge is 0.254 e. The number of nitrogens with one attached hydrogen (secondary N) is 2. The SMILES string of the molecule is CC1=C(C(=O)Nc2ccc(F)cc2)[C@H](c2ccncc2)C2=C(CCCC2=O)N1. The zero-order chi connectivity index (χ0) is 19.7. The number of hydrogen-bond acceptors (Lipinski definition) is 4. The van der Waals surface area contributed by atoms with Gasteiger partial charge in [0.05, 0.1) is 0 Å². The van der Waals surface area contributed by atoms with E-state index in [-0.39, 0.29) is 17.5 Å². The molecule has 6 heteroatoms. The Morgan fingerprint density at radius 3 is 2.57 bits per heavy atom. The molecule has 0 saturated carbocycles. The van der Waals surface area contributed by atoms with Crippen LogP contribution in [-0.2, 0) is 9.59 Å². The van der Waals surface area contributed by atoms with Gasteiger partial charge < -0.3 is 10.6 Å². The first kappa shape index (κ1) is 18.1. The highest BCUT2D eigenvalue weighted by molar-refractivity contribution is 6.09. The summed E-state index contributed by atoms with van der Waals surface area (Å²) in [5.41, 5.74) is 4.11. The van der Waals surface area contributed by atoms with Crippen molar-refractivity contribution in [3.05, 3.63) is 82.7 Å². The third-order valence-corrected chi connectivity index (χ3v) is 5.16. The van der Waals surface area contributed by atoms with Gasteiger partial charge in [0.15, 0.2) is 5.78 Å². The summed E-state index contributed by atoms with van der Waals surface area (Å²) in [7, 11) is 0. The van der Waals surface area contributed by atoms with E-state index in [2.05, 4.69) is 15.6 Å². The van der Waals surface area contributed by atoms with Crippen molar-refractivity contribution >= 4 is 17.4 Å². The monoisotopic (exact) mass is 377 g/mol. The molecule has 0 saturated heterocycles. The molecule has 28 heavy (non-hydrogen) atoms. The van der Waals surface area contributed by atoms with Crippen molar-refractivity contribution in [2.75, 3.05) is 5.32 Å². The minimum absolute atomic E-state index is 0.0649. The number of ketones is 1. The molecule has 4 rings (SSSR count). The van der Waals surface area contributed by atoms with E-state index in [4.69, 9.17) is 0 Å². The highest BCUT2D eigenvalue weighted by Crippen LogP contribution is 2.42. The number of pyridine rings is 1. The van der Waals surface area contributed by atoms with E-state index in [1.54, 1.807) is 12.4 Å². The molecule has 0 fully saturated rings. The topological polar surface area (TPSA) is 71.1 Å². The number of carbonyl (C=O) groups is 2. The molecule has 2 aromatic rings. The zero-order valence-electron chi connectivity index (χ0n) is 15.5. The maximum Gasteiger partial charge on any atom is 0.254 e. The van der Waals surface area contributed by atoms with Gasteiger partial charge in [0.2, 0.25) is 0 Å². The molecule has 0 radical (unpaired) electrons. The van der Waals surface area contributed by atoms with Crippen LogP contribution in [0.5, 0.6) is 0 Å². The van der Waals surface area contributed by atoms with Crippen LogP contribution in [0.4, 0.5) is 10.1 Å². The molecule has 1 atom stereocenters. The number of halogens is 1. The number of benzene rings is 1. The second kappa shape index (κ2) is 7.38. The number of nitrogens with zero attached hydrogens (tertiary/aromatic N) is 1. The van der Waals surface area contributed by atoms with Crippen molar-refractivity contribution in [3.8, 4) is 0 Å². The first-order valence-electron chi connectivity index (χ1n) is 9.25. The van der Waals surface area contributed by atoms with Crippen LogP contribution in [0.25, 0.3) is 0 Å². The maximum atomic E-state index is 13.2. The Labute approximate surface area is 162 Å². The van der Waals surface area contributed by atoms with Gasteiger partial charge in [-0.25, -0.2) is 4.39 Å². The van der Waals surface area contributed by atoms with Crippen molar-refractivity contribution in [2.45, 2.75) is 32.1 Å². The summed E-state index contributed by atoms with van der Waals surface area (Å²) >= 11 is 0. The van der Waals surface area contributed by atoms with Crippen LogP contribution in [-0.4, -0.2) is 16.7 Å². The van der Waals surface area contributed by atoms with E-state index in [0.717, 1.165) is 29.8 Å². The van der Waals surface area contributed by atoms with Crippen molar-refractivity contribution < 1.29 is 14.0 Å². The molecule has 0 unspecified atom stereocenters. The van der Waals surface area contributed by atoms with E-state index in [9.17, 15) is 14.0 Å². The van der Waals surface area contributed by atoms with E-state index >= 15 is 0 Å². The van der Waals surface area contributed by atoms with E-state index in [1.165, 1.54) is 24.3 Å². The van der Waals surface area contributed by atoms with Crippen molar-refractivity contribution in [1.82, 2.24) is 10.3 Å². The van der Waals surface area contributed by atoms with Crippen LogP contribution in [0.15, 0.2) is 71.3 Å². The molecular weight excluding hydrogens is 357 g/mol. The third kappa shape index (κ3) is 3.33. The van der Waals surface area contributed by atoms with Crippen LogP contribution in [0.3, 0.4) is 0 Å². The second-order valence-electron chi connectivity index (χ2n) is 7.01. The molecule has 5 nitrogen and oxygen atoms in total. The van der Waals surface area contributed by atoms with Crippen LogP contribution >= 0.6 is 0 Å². The summed E-state index contributed by atoms with van der Waals surface area (Å²) in [6.45, 7) is 1.84. The number of amides is 1. The average Bonchev–Trinajstić information content (AvgIpc) is 2.69. The predicted molar refractivity (Wildman–Crippen MR) is 104 cm³/mol. The van der Waals surface area contributed by atoms with Crippen molar-refractivity contribution in [3.63, 3.8) is 0 Å². The van der Waals surface area contributed by atoms with E-state index < -0.39 is 5.92 Å². The van der Waals surface area contributed by atoms with Gasteiger partial charge in [0.25, 0.3) is 5.91 Å². The number of dihydropyridines is 1. The first-order chi connectivity index (χ1) is 13.5. The van der Waals surface area contributed by atoms with Gasteiger partial charge in [0, 0.05) is 53.0 Å². The molecule has 1 amide bonds. The Morgan fingerprint density at radius 1 is 1.14 bits per heavy atom. The molecule has 0 spiro atoms. The minimum Gasteiger partial charge on any atom is -0.362 e. The van der Waals surface area contributed by atoms with Gasteiger partial charge in [-0.3, -0.25) is 14.6 Å². The molecule has 142 valence electrons. The molecule has 1 aliphatic carbocycles. The third-order valence-electron chi connectivity index (χ3n) is 5.16. The highest BCUT2D eigenvalue weighted by Gasteiger charge is 2.38. The number of allylic oxidation sites excluding steroid dienone is 3. The van der Waals surface area contributed by atoms with E-state index in [1.807, 2.05) is 19.1 Å². The largest absolute Gasteiger partial charge is 0.362 e. The van der Waals surface area contributed by atoms with Gasteiger partial charge in [0.1, 0.15) is 5.82 Å². The minimum atomic E-state index is -0.451. The summed E-state index contributed by atoms with van der Waals surface area (Å²) in [4.78, 5) is 30.0. The van der Waals surface area contributed by atoms with Gasteiger partial charge in [-0.05, 0) is 61.7 Å². The second-order valence-corrected chi connectivity index (χ2v) is 7.01. The molecule has 2 N–H and O–H groups in total. The number of Topliss-reactive ketones (excluding diaryl/α,β-unsaturated/α-hetero) is 1. The van der Waals surface area contributed by atoms with Gasteiger partial charge in [-0.2, -0.15) is 0 Å². The van der Waals surface area contributed by atoms with Crippen molar-refractivity contribution in [1.29, 1.82) is 0 Å². The number of anilines is 1. The molecule has 0 bridgehead atoms. The Kier molecular flexibility index (Phi) is 4.77. The fraction of sp³-hybridized carbons (Fsp3) is 0.227. The standard InChI is InChI=1S/C22H20FN3O2/c1-13-19(22(28)26-16-7-5-15(23)6-8-16)20(14-9-11-24-12-10-14)21-17(25-13)3-2-4-18(21)27/h5-12,20,25H,2-4H2,1H3,(H,26,28)/t20-/m0/s1. The lowest BCUT2D eigenvalue weighted by atomic mass is 9.75. The molecule has 2 aliphatic rings. The summed E-state index contributed by atoms with van der Waals surface area (Å²) in [5.74, 6) is -1.07. The summed E-state index contributed by atoms with van der Waals surface area (Å²) in [6.07, 6.45) is 5.39. The molecule has 2 heterocycles. The number of carbonyl (C=O) groups excluding carboxylic acids is 2. The molecule has 1 aromatic heterocycles. The van der Waals surface area contributed by atoms with E-state index in [0.29, 0.717) is 23.3 Å². The first-order valence-corrected chi connectivity index (χ1v) is 9.25. The Hall–Kier alpha value is -3.28. The zero-order valence-corrected chi connectivity index (χ0v) is 15.5. The lowest BCUT2D eigenvalue weighted by Gasteiger charge is -2.34. The summed E-state index contributed by atoms with van der Waals surface area (Å²) in [5, 5.41) is 6.10. The lowest BCUT2D eigenvalue weighted by Crippen LogP contribution is -2.35. The van der Waals surface area contributed by atoms with Gasteiger partial charge in [-0.1, -0.05) is 0 Å². The predicted octanol–water partition coefficient (Wildman–Crippen LogP) is 3.83. The maximum absolute atomic E-state index is 13.2. The molecular formula is C22H20FN3O2. The Bertz CT molecular complexity index is 994. The quantitative estimate of drug-likeness (QED) is 0.853. The Balaban J connectivity index is 1.76. The fourth-order valence-corrected chi connectivity index (χ4v) is 3.91. The van der Waals surface area contributed by atoms with Crippen LogP contribution < -0.4 is 10.6 Å². The molecule has 1 aromatic carbocycles. The number of hydrogen-bond donors (Lipinski definition) is 2. The lowest BCUT2D eigenvalue weighted by molar-refractivity contribution is -0.116. The van der Waals surface area contributed by atoms with Gasteiger partial charge >= 0.3 is 0 Å². The van der Waals surface area contributed by atoms with Gasteiger partial charge in [-0.15, -0.1) is 0 Å². The van der Waals surface area contributed by atoms with Crippen LogP contribution in [0.2, 0.25) is 0 Å². The highest BCUT2D eigenvalue weighted by atomic mass is 19.1. The van der Waals surface area contributed by atoms with Crippen LogP contribution in [0.1, 0.15) is 37.7 Å². The Morgan fingerprint density at radius 2 is 1.86 bits per heavy atom. The normalized spacial score (nSPS) is 19.2. The van der Waals surface area contributed by atoms with Crippen LogP contribution in [0, 0.1) is 5.82 Å². The summed E-state index contributed by atoms with van der Waals surface area (Å²) in [6, 6.07) is 9.28. The number of rotatable bonds is 3.